The van der Waals surface area contributed by atoms with Crippen molar-refractivity contribution in [1.29, 1.82) is 0 Å². The highest BCUT2D eigenvalue weighted by atomic mass is 32.1. The van der Waals surface area contributed by atoms with Crippen molar-refractivity contribution >= 4 is 29.2 Å². The number of nitrogens with zero attached hydrogens (tertiary/aromatic N) is 1. The molecule has 1 unspecified atom stereocenters. The first-order valence-electron chi connectivity index (χ1n) is 7.99. The number of hydrogen-bond donors (Lipinski definition) is 1. The molecule has 1 fully saturated rings. The van der Waals surface area contributed by atoms with E-state index in [4.69, 9.17) is 0 Å². The maximum atomic E-state index is 12.4. The molecule has 124 valence electrons. The molecule has 0 aliphatic carbocycles. The van der Waals surface area contributed by atoms with E-state index in [0.717, 1.165) is 10.4 Å². The van der Waals surface area contributed by atoms with Crippen LogP contribution in [0.15, 0.2) is 48.5 Å². The van der Waals surface area contributed by atoms with E-state index in [2.05, 4.69) is 5.32 Å². The Hall–Kier alpha value is -2.40. The summed E-state index contributed by atoms with van der Waals surface area (Å²) >= 11 is 1.63. The summed E-state index contributed by atoms with van der Waals surface area (Å²) in [5, 5.41) is 2.81. The molecule has 5 heteroatoms. The molecule has 4 nitrogen and oxygen atoms in total. The predicted molar refractivity (Wildman–Crippen MR) is 96.5 cm³/mol. The number of amides is 2. The van der Waals surface area contributed by atoms with Gasteiger partial charge in [0.2, 0.25) is 11.8 Å². The number of nitrogens with one attached hydrogen (secondary N) is 1. The van der Waals surface area contributed by atoms with E-state index in [-0.39, 0.29) is 11.8 Å². The molecule has 2 amide bonds. The number of benzene rings is 1. The minimum absolute atomic E-state index is 0.00688. The molecule has 3 rings (SSSR count). The molecule has 1 aromatic carbocycles. The standard InChI is InChI=1S/C19H20N2O2S/c1-14-7-8-16(24-14)9-10-18(22)20-17-11-12-21(19(17)23)13-15-5-3-2-4-6-15/h2-10,17H,11-13H2,1H3,(H,20,22). The van der Waals surface area contributed by atoms with Crippen LogP contribution in [0.4, 0.5) is 0 Å². The molecule has 2 aromatic rings. The SMILES string of the molecule is Cc1ccc(C=CC(=O)NC2CCN(Cc3ccccc3)C2=O)s1. The van der Waals surface area contributed by atoms with Crippen molar-refractivity contribution in [2.24, 2.45) is 0 Å². The van der Waals surface area contributed by atoms with E-state index in [1.807, 2.05) is 49.4 Å². The summed E-state index contributed by atoms with van der Waals surface area (Å²) in [5.41, 5.74) is 1.10. The average molecular weight is 340 g/mol. The van der Waals surface area contributed by atoms with Gasteiger partial charge in [0.05, 0.1) is 0 Å². The van der Waals surface area contributed by atoms with E-state index in [0.29, 0.717) is 19.5 Å². The van der Waals surface area contributed by atoms with E-state index in [1.54, 1.807) is 22.3 Å². The molecular weight excluding hydrogens is 320 g/mol. The van der Waals surface area contributed by atoms with Crippen molar-refractivity contribution in [3.05, 3.63) is 63.9 Å². The molecule has 1 aromatic heterocycles. The minimum atomic E-state index is -0.420. The Bertz CT molecular complexity index is 752. The Kier molecular flexibility index (Phi) is 5.11. The average Bonchev–Trinajstić information content (AvgIpc) is 3.14. The maximum absolute atomic E-state index is 12.4. The molecule has 1 aliphatic rings. The largest absolute Gasteiger partial charge is 0.341 e. The third kappa shape index (κ3) is 4.11. The Morgan fingerprint density at radius 2 is 2.08 bits per heavy atom. The highest BCUT2D eigenvalue weighted by molar-refractivity contribution is 7.12. The summed E-state index contributed by atoms with van der Waals surface area (Å²) < 4.78 is 0. The van der Waals surface area contributed by atoms with Gasteiger partial charge in [-0.1, -0.05) is 30.3 Å². The smallest absolute Gasteiger partial charge is 0.245 e. The zero-order valence-electron chi connectivity index (χ0n) is 13.6. The van der Waals surface area contributed by atoms with Gasteiger partial charge < -0.3 is 10.2 Å². The van der Waals surface area contributed by atoms with Crippen LogP contribution in [0.5, 0.6) is 0 Å². The monoisotopic (exact) mass is 340 g/mol. The Morgan fingerprint density at radius 3 is 2.79 bits per heavy atom. The fourth-order valence-corrected chi connectivity index (χ4v) is 3.53. The van der Waals surface area contributed by atoms with Crippen LogP contribution in [0.25, 0.3) is 6.08 Å². The van der Waals surface area contributed by atoms with Crippen molar-refractivity contribution in [3.63, 3.8) is 0 Å². The summed E-state index contributed by atoms with van der Waals surface area (Å²) in [6, 6.07) is 13.5. The predicted octanol–water partition coefficient (Wildman–Crippen LogP) is 2.99. The van der Waals surface area contributed by atoms with Gasteiger partial charge in [-0.15, -0.1) is 11.3 Å². The Morgan fingerprint density at radius 1 is 1.29 bits per heavy atom. The molecule has 2 heterocycles. The van der Waals surface area contributed by atoms with Crippen LogP contribution >= 0.6 is 11.3 Å². The topological polar surface area (TPSA) is 49.4 Å². The first kappa shape index (κ1) is 16.5. The lowest BCUT2D eigenvalue weighted by molar-refractivity contribution is -0.132. The minimum Gasteiger partial charge on any atom is -0.341 e. The second kappa shape index (κ2) is 7.45. The van der Waals surface area contributed by atoms with E-state index < -0.39 is 6.04 Å². The molecule has 1 saturated heterocycles. The third-order valence-corrected chi connectivity index (χ3v) is 4.96. The first-order valence-corrected chi connectivity index (χ1v) is 8.81. The summed E-state index contributed by atoms with van der Waals surface area (Å²) in [6.07, 6.45) is 3.94. The van der Waals surface area contributed by atoms with Crippen LogP contribution in [-0.4, -0.2) is 29.3 Å². The van der Waals surface area contributed by atoms with Crippen LogP contribution in [0.3, 0.4) is 0 Å². The van der Waals surface area contributed by atoms with Crippen LogP contribution in [0.1, 0.15) is 21.7 Å². The highest BCUT2D eigenvalue weighted by Gasteiger charge is 2.32. The van der Waals surface area contributed by atoms with Crippen molar-refractivity contribution in [2.45, 2.75) is 25.9 Å². The lowest BCUT2D eigenvalue weighted by Gasteiger charge is -2.16. The van der Waals surface area contributed by atoms with Crippen molar-refractivity contribution in [1.82, 2.24) is 10.2 Å². The van der Waals surface area contributed by atoms with Gasteiger partial charge in [0.25, 0.3) is 0 Å². The van der Waals surface area contributed by atoms with Crippen LogP contribution < -0.4 is 5.32 Å². The second-order valence-electron chi connectivity index (χ2n) is 5.88. The first-order chi connectivity index (χ1) is 11.6. The molecule has 1 aliphatic heterocycles. The maximum Gasteiger partial charge on any atom is 0.245 e. The number of rotatable bonds is 5. The number of likely N-dealkylation sites (tertiary alicyclic amines) is 1. The van der Waals surface area contributed by atoms with Crippen LogP contribution in [-0.2, 0) is 16.1 Å². The van der Waals surface area contributed by atoms with Crippen molar-refractivity contribution in [2.75, 3.05) is 6.54 Å². The van der Waals surface area contributed by atoms with Gasteiger partial charge in [-0.3, -0.25) is 9.59 Å². The number of thiophene rings is 1. The van der Waals surface area contributed by atoms with Crippen molar-refractivity contribution in [3.8, 4) is 0 Å². The molecular formula is C19H20N2O2S. The number of hydrogen-bond acceptors (Lipinski definition) is 3. The molecule has 0 saturated carbocycles. The lowest BCUT2D eigenvalue weighted by atomic mass is 10.2. The molecule has 0 radical (unpaired) electrons. The molecule has 1 N–H and O–H groups in total. The van der Waals surface area contributed by atoms with Crippen LogP contribution in [0, 0.1) is 6.92 Å². The second-order valence-corrected chi connectivity index (χ2v) is 7.20. The highest BCUT2D eigenvalue weighted by Crippen LogP contribution is 2.17. The number of carbonyl (C=O) groups is 2. The molecule has 24 heavy (non-hydrogen) atoms. The van der Waals surface area contributed by atoms with E-state index in [9.17, 15) is 9.59 Å². The fraction of sp³-hybridized carbons (Fsp3) is 0.263. The third-order valence-electron chi connectivity index (χ3n) is 3.99. The molecule has 1 atom stereocenters. The van der Waals surface area contributed by atoms with Gasteiger partial charge in [-0.2, -0.15) is 0 Å². The molecule has 0 bridgehead atoms. The van der Waals surface area contributed by atoms with Gasteiger partial charge in [-0.05, 0) is 37.1 Å². The van der Waals surface area contributed by atoms with Gasteiger partial charge in [0, 0.05) is 28.9 Å². The normalized spacial score (nSPS) is 17.6. The van der Waals surface area contributed by atoms with Crippen molar-refractivity contribution < 1.29 is 9.59 Å². The van der Waals surface area contributed by atoms with E-state index >= 15 is 0 Å². The van der Waals surface area contributed by atoms with Gasteiger partial charge in [0.1, 0.15) is 6.04 Å². The fourth-order valence-electron chi connectivity index (χ4n) is 2.75. The number of aryl methyl sites for hydroxylation is 1. The number of carbonyl (C=O) groups excluding carboxylic acids is 2. The van der Waals surface area contributed by atoms with Gasteiger partial charge >= 0.3 is 0 Å². The summed E-state index contributed by atoms with van der Waals surface area (Å²) in [7, 11) is 0. The van der Waals surface area contributed by atoms with Gasteiger partial charge in [-0.25, -0.2) is 0 Å². The Labute approximate surface area is 145 Å². The lowest BCUT2D eigenvalue weighted by Crippen LogP contribution is -2.40. The Balaban J connectivity index is 1.53. The summed E-state index contributed by atoms with van der Waals surface area (Å²) in [4.78, 5) is 28.5. The van der Waals surface area contributed by atoms with Crippen LogP contribution in [0.2, 0.25) is 0 Å². The van der Waals surface area contributed by atoms with Gasteiger partial charge in [0.15, 0.2) is 0 Å². The van der Waals surface area contributed by atoms with E-state index in [1.165, 1.54) is 11.0 Å². The molecule has 0 spiro atoms. The summed E-state index contributed by atoms with van der Waals surface area (Å²) in [6.45, 7) is 3.30. The summed E-state index contributed by atoms with van der Waals surface area (Å²) in [5.74, 6) is -0.228. The zero-order valence-corrected chi connectivity index (χ0v) is 14.4. The zero-order chi connectivity index (χ0) is 16.9. The quantitative estimate of drug-likeness (QED) is 0.851.